The maximum atomic E-state index is 13.2. The Morgan fingerprint density at radius 2 is 1.91 bits per heavy atom. The van der Waals surface area contributed by atoms with Crippen LogP contribution in [0.1, 0.15) is 6.92 Å². The van der Waals surface area contributed by atoms with Crippen molar-refractivity contribution in [2.24, 2.45) is 11.8 Å². The number of nitrogens with one attached hydrogen (secondary N) is 3. The zero-order valence-corrected chi connectivity index (χ0v) is 13.2. The van der Waals surface area contributed by atoms with Crippen molar-refractivity contribution in [3.63, 3.8) is 0 Å². The number of rotatable bonds is 4. The quantitative estimate of drug-likeness (QED) is 0.800. The standard InChI is InChI=1S/C15H16F2N4O.ClH/c1-8(10-6-18-7-10)15(22)19-14-5-13(20-21-14)9-2-11(16)4-12(17)3-9;/h2-5,8,10,18H,6-7H2,1H3,(H2,19,20,21,22);1H. The highest BCUT2D eigenvalue weighted by atomic mass is 35.5. The molecule has 1 aliphatic rings. The van der Waals surface area contributed by atoms with Gasteiger partial charge < -0.3 is 10.6 Å². The van der Waals surface area contributed by atoms with Gasteiger partial charge in [0.2, 0.25) is 5.91 Å². The largest absolute Gasteiger partial charge is 0.316 e. The summed E-state index contributed by atoms with van der Waals surface area (Å²) in [4.78, 5) is 12.1. The molecule has 124 valence electrons. The predicted molar refractivity (Wildman–Crippen MR) is 85.3 cm³/mol. The molecule has 8 heteroatoms. The Morgan fingerprint density at radius 1 is 1.26 bits per heavy atom. The summed E-state index contributed by atoms with van der Waals surface area (Å²) in [5.74, 6) is -0.898. The SMILES string of the molecule is CC(C(=O)Nc1cc(-c2cc(F)cc(F)c2)[nH]n1)C1CNC1.Cl. The van der Waals surface area contributed by atoms with Gasteiger partial charge in [-0.05, 0) is 31.1 Å². The highest BCUT2D eigenvalue weighted by Crippen LogP contribution is 2.23. The highest BCUT2D eigenvalue weighted by Gasteiger charge is 2.29. The summed E-state index contributed by atoms with van der Waals surface area (Å²) >= 11 is 0. The van der Waals surface area contributed by atoms with E-state index in [1.807, 2.05) is 6.92 Å². The number of aromatic amines is 1. The van der Waals surface area contributed by atoms with Gasteiger partial charge in [0.1, 0.15) is 11.6 Å². The molecule has 1 aromatic heterocycles. The summed E-state index contributed by atoms with van der Waals surface area (Å²) in [5.41, 5.74) is 0.772. The van der Waals surface area contributed by atoms with Crippen LogP contribution in [0.3, 0.4) is 0 Å². The number of aromatic nitrogens is 2. The lowest BCUT2D eigenvalue weighted by Gasteiger charge is -2.31. The Labute approximate surface area is 138 Å². The van der Waals surface area contributed by atoms with E-state index in [9.17, 15) is 13.6 Å². The molecule has 0 aliphatic carbocycles. The molecule has 0 spiro atoms. The molecule has 0 saturated carbocycles. The number of hydrogen-bond donors (Lipinski definition) is 3. The van der Waals surface area contributed by atoms with E-state index in [1.165, 1.54) is 12.1 Å². The lowest BCUT2D eigenvalue weighted by atomic mass is 9.88. The fourth-order valence-corrected chi connectivity index (χ4v) is 2.36. The van der Waals surface area contributed by atoms with Crippen LogP contribution in [0.2, 0.25) is 0 Å². The topological polar surface area (TPSA) is 69.8 Å². The first-order chi connectivity index (χ1) is 10.5. The number of benzene rings is 1. The van der Waals surface area contributed by atoms with Crippen molar-refractivity contribution in [1.82, 2.24) is 15.5 Å². The minimum absolute atomic E-state index is 0. The first-order valence-electron chi connectivity index (χ1n) is 7.06. The number of H-pyrrole nitrogens is 1. The predicted octanol–water partition coefficient (Wildman–Crippen LogP) is 2.57. The van der Waals surface area contributed by atoms with E-state index in [0.717, 1.165) is 19.2 Å². The van der Waals surface area contributed by atoms with E-state index in [1.54, 1.807) is 6.07 Å². The van der Waals surface area contributed by atoms with Crippen molar-refractivity contribution in [1.29, 1.82) is 0 Å². The molecule has 1 unspecified atom stereocenters. The van der Waals surface area contributed by atoms with E-state index >= 15 is 0 Å². The van der Waals surface area contributed by atoms with E-state index < -0.39 is 11.6 Å². The van der Waals surface area contributed by atoms with Crippen LogP contribution >= 0.6 is 12.4 Å². The Kier molecular flexibility index (Phi) is 5.33. The Balaban J connectivity index is 0.00000192. The second-order valence-corrected chi connectivity index (χ2v) is 5.52. The molecule has 1 atom stereocenters. The Hall–Kier alpha value is -1.99. The normalized spacial score (nSPS) is 15.4. The number of carbonyl (C=O) groups is 1. The van der Waals surface area contributed by atoms with Crippen LogP contribution in [0, 0.1) is 23.5 Å². The third-order valence-corrected chi connectivity index (χ3v) is 3.94. The maximum Gasteiger partial charge on any atom is 0.228 e. The van der Waals surface area contributed by atoms with Gasteiger partial charge in [0.05, 0.1) is 5.69 Å². The van der Waals surface area contributed by atoms with Crippen molar-refractivity contribution in [2.75, 3.05) is 18.4 Å². The molecule has 23 heavy (non-hydrogen) atoms. The maximum absolute atomic E-state index is 13.2. The van der Waals surface area contributed by atoms with Crippen LogP contribution in [0.4, 0.5) is 14.6 Å². The van der Waals surface area contributed by atoms with Crippen molar-refractivity contribution < 1.29 is 13.6 Å². The monoisotopic (exact) mass is 342 g/mol. The lowest BCUT2D eigenvalue weighted by molar-refractivity contribution is -0.121. The second kappa shape index (κ2) is 7.06. The summed E-state index contributed by atoms with van der Waals surface area (Å²) in [6.07, 6.45) is 0. The molecule has 0 bridgehead atoms. The van der Waals surface area contributed by atoms with Gasteiger partial charge >= 0.3 is 0 Å². The van der Waals surface area contributed by atoms with Gasteiger partial charge in [-0.2, -0.15) is 5.10 Å². The van der Waals surface area contributed by atoms with Gasteiger partial charge in [-0.3, -0.25) is 9.89 Å². The zero-order chi connectivity index (χ0) is 15.7. The molecule has 1 aromatic carbocycles. The van der Waals surface area contributed by atoms with Crippen LogP contribution in [-0.2, 0) is 4.79 Å². The third kappa shape index (κ3) is 3.86. The minimum atomic E-state index is -0.665. The summed E-state index contributed by atoms with van der Waals surface area (Å²) in [5, 5.41) is 12.5. The average molecular weight is 343 g/mol. The van der Waals surface area contributed by atoms with Gasteiger partial charge in [0.25, 0.3) is 0 Å². The molecule has 3 rings (SSSR count). The number of amides is 1. The number of anilines is 1. The molecule has 1 fully saturated rings. The van der Waals surface area contributed by atoms with Crippen LogP contribution < -0.4 is 10.6 Å². The first kappa shape index (κ1) is 17.4. The van der Waals surface area contributed by atoms with Crippen LogP contribution in [-0.4, -0.2) is 29.2 Å². The molecule has 1 saturated heterocycles. The van der Waals surface area contributed by atoms with Crippen molar-refractivity contribution in [3.8, 4) is 11.3 Å². The van der Waals surface area contributed by atoms with Gasteiger partial charge in [0, 0.05) is 23.6 Å². The summed E-state index contributed by atoms with van der Waals surface area (Å²) in [6, 6.07) is 4.75. The summed E-state index contributed by atoms with van der Waals surface area (Å²) in [6.45, 7) is 3.54. The van der Waals surface area contributed by atoms with E-state index in [4.69, 9.17) is 0 Å². The number of halogens is 3. The summed E-state index contributed by atoms with van der Waals surface area (Å²) < 4.78 is 26.4. The molecule has 1 amide bonds. The van der Waals surface area contributed by atoms with Gasteiger partial charge in [-0.1, -0.05) is 6.92 Å². The van der Waals surface area contributed by atoms with Crippen molar-refractivity contribution >= 4 is 24.1 Å². The second-order valence-electron chi connectivity index (χ2n) is 5.52. The molecule has 0 radical (unpaired) electrons. The van der Waals surface area contributed by atoms with Crippen LogP contribution in [0.5, 0.6) is 0 Å². The zero-order valence-electron chi connectivity index (χ0n) is 12.4. The third-order valence-electron chi connectivity index (χ3n) is 3.94. The fraction of sp³-hybridized carbons (Fsp3) is 0.333. The first-order valence-corrected chi connectivity index (χ1v) is 7.06. The van der Waals surface area contributed by atoms with Gasteiger partial charge in [0.15, 0.2) is 5.82 Å². The molecule has 2 heterocycles. The molecule has 3 N–H and O–H groups in total. The molecule has 2 aromatic rings. The Morgan fingerprint density at radius 3 is 2.48 bits per heavy atom. The smallest absolute Gasteiger partial charge is 0.228 e. The van der Waals surface area contributed by atoms with E-state index in [-0.39, 0.29) is 24.2 Å². The fourth-order valence-electron chi connectivity index (χ4n) is 2.36. The van der Waals surface area contributed by atoms with Crippen LogP contribution in [0.15, 0.2) is 24.3 Å². The average Bonchev–Trinajstić information content (AvgIpc) is 2.84. The van der Waals surface area contributed by atoms with Gasteiger partial charge in [-0.15, -0.1) is 12.4 Å². The number of hydrogen-bond acceptors (Lipinski definition) is 3. The van der Waals surface area contributed by atoms with Gasteiger partial charge in [-0.25, -0.2) is 8.78 Å². The summed E-state index contributed by atoms with van der Waals surface area (Å²) in [7, 11) is 0. The number of carbonyl (C=O) groups excluding carboxylic acids is 1. The molecular weight excluding hydrogens is 326 g/mol. The lowest BCUT2D eigenvalue weighted by Crippen LogP contribution is -2.48. The number of nitrogens with zero attached hydrogens (tertiary/aromatic N) is 1. The minimum Gasteiger partial charge on any atom is -0.316 e. The van der Waals surface area contributed by atoms with Crippen molar-refractivity contribution in [3.05, 3.63) is 35.9 Å². The van der Waals surface area contributed by atoms with Crippen molar-refractivity contribution in [2.45, 2.75) is 6.92 Å². The van der Waals surface area contributed by atoms with Crippen LogP contribution in [0.25, 0.3) is 11.3 Å². The highest BCUT2D eigenvalue weighted by molar-refractivity contribution is 5.92. The Bertz CT molecular complexity index is 682. The van der Waals surface area contributed by atoms with E-state index in [0.29, 0.717) is 23.0 Å². The molecule has 1 aliphatic heterocycles. The van der Waals surface area contributed by atoms with E-state index in [2.05, 4.69) is 20.8 Å². The molecular formula is C15H17ClF2N4O. The molecule has 5 nitrogen and oxygen atoms in total.